The van der Waals surface area contributed by atoms with Crippen LogP contribution in [0.5, 0.6) is 5.75 Å². The van der Waals surface area contributed by atoms with E-state index in [9.17, 15) is 9.90 Å². The molecule has 2 aromatic heterocycles. The van der Waals surface area contributed by atoms with Crippen LogP contribution in [0.15, 0.2) is 36.7 Å². The number of H-pyrrole nitrogens is 1. The van der Waals surface area contributed by atoms with Gasteiger partial charge in [-0.3, -0.25) is 14.9 Å². The Morgan fingerprint density at radius 1 is 1.25 bits per heavy atom. The molecular formula is C21H24N4O3. The van der Waals surface area contributed by atoms with Gasteiger partial charge in [-0.2, -0.15) is 5.10 Å². The molecule has 3 aromatic rings. The number of carbonyl (C=O) groups excluding carboxylic acids is 1. The number of nitrogens with zero attached hydrogens (tertiary/aromatic N) is 2. The van der Waals surface area contributed by atoms with Crippen molar-refractivity contribution >= 4 is 29.0 Å². The van der Waals surface area contributed by atoms with E-state index in [1.807, 2.05) is 38.1 Å². The van der Waals surface area contributed by atoms with Crippen molar-refractivity contribution in [3.05, 3.63) is 53.5 Å². The third kappa shape index (κ3) is 4.04. The summed E-state index contributed by atoms with van der Waals surface area (Å²) < 4.78 is 5.58. The molecule has 7 heteroatoms. The lowest BCUT2D eigenvalue weighted by Crippen LogP contribution is -2.41. The lowest BCUT2D eigenvalue weighted by Gasteiger charge is -2.20. The average molecular weight is 380 g/mol. The SMILES string of the molecule is COc1c(C(=O)N[C@H](CO)C(C)C)ccc2[nH]nc(/C=C/c3ccncc3)c12. The summed E-state index contributed by atoms with van der Waals surface area (Å²) in [6.45, 7) is 3.76. The van der Waals surface area contributed by atoms with E-state index in [0.29, 0.717) is 17.0 Å². The maximum atomic E-state index is 12.8. The van der Waals surface area contributed by atoms with Crippen LogP contribution in [-0.4, -0.2) is 46.0 Å². The van der Waals surface area contributed by atoms with Crippen LogP contribution in [0.3, 0.4) is 0 Å². The zero-order valence-corrected chi connectivity index (χ0v) is 16.1. The van der Waals surface area contributed by atoms with Crippen LogP contribution in [0.4, 0.5) is 0 Å². The molecule has 146 valence electrons. The Morgan fingerprint density at radius 2 is 2.00 bits per heavy atom. The summed E-state index contributed by atoms with van der Waals surface area (Å²) in [6, 6.07) is 6.94. The number of fused-ring (bicyclic) bond motifs is 1. The second-order valence-corrected chi connectivity index (χ2v) is 6.80. The predicted octanol–water partition coefficient (Wildman–Crippen LogP) is 2.88. The van der Waals surface area contributed by atoms with E-state index >= 15 is 0 Å². The number of aromatic amines is 1. The predicted molar refractivity (Wildman–Crippen MR) is 109 cm³/mol. The molecule has 3 N–H and O–H groups in total. The van der Waals surface area contributed by atoms with Gasteiger partial charge in [0.2, 0.25) is 0 Å². The number of nitrogens with one attached hydrogen (secondary N) is 2. The van der Waals surface area contributed by atoms with E-state index in [-0.39, 0.29) is 24.5 Å². The summed E-state index contributed by atoms with van der Waals surface area (Å²) >= 11 is 0. The number of methoxy groups -OCH3 is 1. The maximum absolute atomic E-state index is 12.8. The van der Waals surface area contributed by atoms with Crippen LogP contribution >= 0.6 is 0 Å². The first-order chi connectivity index (χ1) is 13.5. The lowest BCUT2D eigenvalue weighted by atomic mass is 10.0. The van der Waals surface area contributed by atoms with Gasteiger partial charge >= 0.3 is 0 Å². The van der Waals surface area contributed by atoms with Crippen molar-refractivity contribution in [2.24, 2.45) is 5.92 Å². The number of ether oxygens (including phenoxy) is 1. The molecule has 1 atom stereocenters. The second-order valence-electron chi connectivity index (χ2n) is 6.80. The average Bonchev–Trinajstić information content (AvgIpc) is 3.13. The van der Waals surface area contributed by atoms with E-state index in [1.165, 1.54) is 7.11 Å². The van der Waals surface area contributed by atoms with Gasteiger partial charge in [0.05, 0.1) is 41.9 Å². The highest BCUT2D eigenvalue weighted by Gasteiger charge is 2.22. The van der Waals surface area contributed by atoms with Gasteiger partial charge in [-0.1, -0.05) is 19.9 Å². The highest BCUT2D eigenvalue weighted by molar-refractivity contribution is 6.05. The summed E-state index contributed by atoms with van der Waals surface area (Å²) in [5.41, 5.74) is 2.82. The zero-order chi connectivity index (χ0) is 20.1. The minimum Gasteiger partial charge on any atom is -0.495 e. The van der Waals surface area contributed by atoms with Crippen molar-refractivity contribution in [3.8, 4) is 5.75 Å². The van der Waals surface area contributed by atoms with Gasteiger partial charge in [-0.25, -0.2) is 0 Å². The number of hydrogen-bond acceptors (Lipinski definition) is 5. The molecule has 1 aromatic carbocycles. The molecule has 0 unspecified atom stereocenters. The maximum Gasteiger partial charge on any atom is 0.255 e. The Labute approximate surface area is 163 Å². The minimum atomic E-state index is -0.330. The Kier molecular flexibility index (Phi) is 6.06. The fourth-order valence-corrected chi connectivity index (χ4v) is 2.94. The third-order valence-electron chi connectivity index (χ3n) is 4.62. The molecule has 0 aliphatic rings. The highest BCUT2D eigenvalue weighted by Crippen LogP contribution is 2.32. The molecule has 2 heterocycles. The largest absolute Gasteiger partial charge is 0.495 e. The monoisotopic (exact) mass is 380 g/mol. The van der Waals surface area contributed by atoms with Crippen LogP contribution in [0, 0.1) is 5.92 Å². The van der Waals surface area contributed by atoms with E-state index in [0.717, 1.165) is 16.5 Å². The van der Waals surface area contributed by atoms with Gasteiger partial charge in [0.25, 0.3) is 5.91 Å². The molecule has 0 radical (unpaired) electrons. The van der Waals surface area contributed by atoms with Gasteiger partial charge in [0.15, 0.2) is 0 Å². The number of carbonyl (C=O) groups is 1. The first kappa shape index (κ1) is 19.6. The third-order valence-corrected chi connectivity index (χ3v) is 4.62. The van der Waals surface area contributed by atoms with Crippen LogP contribution in [0.2, 0.25) is 0 Å². The number of benzene rings is 1. The van der Waals surface area contributed by atoms with Crippen LogP contribution in [0.25, 0.3) is 23.1 Å². The van der Waals surface area contributed by atoms with Crippen molar-refractivity contribution in [3.63, 3.8) is 0 Å². The fourth-order valence-electron chi connectivity index (χ4n) is 2.94. The molecule has 1 amide bonds. The lowest BCUT2D eigenvalue weighted by molar-refractivity contribution is 0.0894. The van der Waals surface area contributed by atoms with E-state index in [2.05, 4.69) is 20.5 Å². The van der Waals surface area contributed by atoms with Gasteiger partial charge in [0.1, 0.15) is 5.75 Å². The zero-order valence-electron chi connectivity index (χ0n) is 16.1. The first-order valence-corrected chi connectivity index (χ1v) is 9.10. The molecule has 0 aliphatic heterocycles. The number of aliphatic hydroxyl groups is 1. The Morgan fingerprint density at radius 3 is 2.64 bits per heavy atom. The highest BCUT2D eigenvalue weighted by atomic mass is 16.5. The van der Waals surface area contributed by atoms with Crippen molar-refractivity contribution in [1.82, 2.24) is 20.5 Å². The number of hydrogen-bond donors (Lipinski definition) is 3. The van der Waals surface area contributed by atoms with Gasteiger partial charge in [-0.05, 0) is 41.8 Å². The van der Waals surface area contributed by atoms with Crippen molar-refractivity contribution in [1.29, 1.82) is 0 Å². The van der Waals surface area contributed by atoms with Gasteiger partial charge in [-0.15, -0.1) is 0 Å². The molecule has 0 saturated carbocycles. The fraction of sp³-hybridized carbons (Fsp3) is 0.286. The number of amides is 1. The Hall–Kier alpha value is -3.19. The molecule has 0 aliphatic carbocycles. The topological polar surface area (TPSA) is 100 Å². The van der Waals surface area contributed by atoms with E-state index in [4.69, 9.17) is 4.74 Å². The summed E-state index contributed by atoms with van der Waals surface area (Å²) in [5, 5.41) is 20.4. The minimum absolute atomic E-state index is 0.108. The van der Waals surface area contributed by atoms with Crippen LogP contribution in [0.1, 0.15) is 35.5 Å². The molecule has 7 nitrogen and oxygen atoms in total. The Bertz CT molecular complexity index is 980. The van der Waals surface area contributed by atoms with Gasteiger partial charge in [0, 0.05) is 12.4 Å². The summed E-state index contributed by atoms with van der Waals surface area (Å²) in [4.78, 5) is 16.8. The van der Waals surface area contributed by atoms with Crippen molar-refractivity contribution < 1.29 is 14.6 Å². The van der Waals surface area contributed by atoms with Crippen LogP contribution in [-0.2, 0) is 0 Å². The normalized spacial score (nSPS) is 12.6. The summed E-state index contributed by atoms with van der Waals surface area (Å²) in [5.74, 6) is 0.256. The molecule has 0 saturated heterocycles. The standard InChI is InChI=1S/C21H24N4O3/c1-13(2)18(12-26)23-21(27)15-5-7-17-19(20(15)28-3)16(24-25-17)6-4-14-8-10-22-11-9-14/h4-11,13,18,26H,12H2,1-3H3,(H,23,27)(H,24,25)/b6-4+/t18-/m1/s1. The smallest absolute Gasteiger partial charge is 0.255 e. The molecule has 0 fully saturated rings. The van der Waals surface area contributed by atoms with Gasteiger partial charge < -0.3 is 15.2 Å². The molecule has 3 rings (SSSR count). The summed E-state index contributed by atoms with van der Waals surface area (Å²) in [6.07, 6.45) is 7.22. The molecule has 0 bridgehead atoms. The Balaban J connectivity index is 1.99. The summed E-state index contributed by atoms with van der Waals surface area (Å²) in [7, 11) is 1.53. The number of aromatic nitrogens is 3. The number of aliphatic hydroxyl groups excluding tert-OH is 1. The van der Waals surface area contributed by atoms with Crippen molar-refractivity contribution in [2.45, 2.75) is 19.9 Å². The molecular weight excluding hydrogens is 356 g/mol. The quantitative estimate of drug-likeness (QED) is 0.585. The number of pyridine rings is 1. The van der Waals surface area contributed by atoms with Crippen LogP contribution < -0.4 is 10.1 Å². The first-order valence-electron chi connectivity index (χ1n) is 9.10. The molecule has 0 spiro atoms. The van der Waals surface area contributed by atoms with E-state index < -0.39 is 0 Å². The number of rotatable bonds is 7. The van der Waals surface area contributed by atoms with E-state index in [1.54, 1.807) is 24.5 Å². The van der Waals surface area contributed by atoms with Crippen molar-refractivity contribution in [2.75, 3.05) is 13.7 Å². The second kappa shape index (κ2) is 8.67. The molecule has 28 heavy (non-hydrogen) atoms.